The number of nitrogens with one attached hydrogen (secondary N) is 1. The molecule has 0 aromatic heterocycles. The fourth-order valence-corrected chi connectivity index (χ4v) is 1.90. The SMILES string of the molecule is CCNCCOCCc1cc(OC)c(OC)cc1C. The monoisotopic (exact) mass is 267 g/mol. The Labute approximate surface area is 116 Å². The van der Waals surface area contributed by atoms with Crippen LogP contribution < -0.4 is 14.8 Å². The molecular weight excluding hydrogens is 242 g/mol. The number of benzene rings is 1. The first-order valence-electron chi connectivity index (χ1n) is 6.72. The summed E-state index contributed by atoms with van der Waals surface area (Å²) < 4.78 is 16.2. The molecule has 1 aromatic carbocycles. The van der Waals surface area contributed by atoms with E-state index in [2.05, 4.69) is 19.2 Å². The van der Waals surface area contributed by atoms with Gasteiger partial charge in [-0.05, 0) is 43.1 Å². The lowest BCUT2D eigenvalue weighted by Crippen LogP contribution is -2.19. The fourth-order valence-electron chi connectivity index (χ4n) is 1.90. The number of hydrogen-bond donors (Lipinski definition) is 1. The molecule has 0 fully saturated rings. The Morgan fingerprint density at radius 1 is 1.05 bits per heavy atom. The Morgan fingerprint density at radius 2 is 1.74 bits per heavy atom. The summed E-state index contributed by atoms with van der Waals surface area (Å²) in [6.07, 6.45) is 0.887. The average Bonchev–Trinajstić information content (AvgIpc) is 2.43. The zero-order valence-electron chi connectivity index (χ0n) is 12.4. The molecule has 0 heterocycles. The van der Waals surface area contributed by atoms with Gasteiger partial charge in [0.1, 0.15) is 0 Å². The molecule has 0 unspecified atom stereocenters. The molecule has 0 radical (unpaired) electrons. The molecule has 0 saturated carbocycles. The van der Waals surface area contributed by atoms with E-state index in [4.69, 9.17) is 14.2 Å². The van der Waals surface area contributed by atoms with Crippen molar-refractivity contribution in [1.82, 2.24) is 5.32 Å². The van der Waals surface area contributed by atoms with Gasteiger partial charge in [0.2, 0.25) is 0 Å². The van der Waals surface area contributed by atoms with E-state index in [1.54, 1.807) is 14.2 Å². The van der Waals surface area contributed by atoms with E-state index in [0.29, 0.717) is 0 Å². The van der Waals surface area contributed by atoms with Crippen molar-refractivity contribution < 1.29 is 14.2 Å². The van der Waals surface area contributed by atoms with Crippen molar-refractivity contribution in [3.63, 3.8) is 0 Å². The Morgan fingerprint density at radius 3 is 2.37 bits per heavy atom. The number of rotatable bonds is 9. The van der Waals surface area contributed by atoms with Crippen molar-refractivity contribution in [3.8, 4) is 11.5 Å². The molecule has 19 heavy (non-hydrogen) atoms. The van der Waals surface area contributed by atoms with E-state index in [0.717, 1.165) is 44.2 Å². The minimum absolute atomic E-state index is 0.724. The maximum absolute atomic E-state index is 5.59. The second-order valence-electron chi connectivity index (χ2n) is 4.35. The number of methoxy groups -OCH3 is 2. The molecule has 108 valence electrons. The lowest BCUT2D eigenvalue weighted by atomic mass is 10.1. The van der Waals surface area contributed by atoms with Crippen LogP contribution in [0, 0.1) is 6.92 Å². The number of hydrogen-bond acceptors (Lipinski definition) is 4. The van der Waals surface area contributed by atoms with Crippen LogP contribution in [-0.4, -0.2) is 40.5 Å². The first kappa shape index (κ1) is 15.8. The molecule has 0 saturated heterocycles. The van der Waals surface area contributed by atoms with Crippen molar-refractivity contribution in [2.75, 3.05) is 40.5 Å². The lowest BCUT2D eigenvalue weighted by Gasteiger charge is -2.13. The van der Waals surface area contributed by atoms with Crippen LogP contribution in [0.25, 0.3) is 0 Å². The summed E-state index contributed by atoms with van der Waals surface area (Å²) in [5.41, 5.74) is 2.44. The second kappa shape index (κ2) is 8.77. The van der Waals surface area contributed by atoms with Crippen molar-refractivity contribution in [3.05, 3.63) is 23.3 Å². The van der Waals surface area contributed by atoms with Gasteiger partial charge in [-0.2, -0.15) is 0 Å². The minimum Gasteiger partial charge on any atom is -0.493 e. The Hall–Kier alpha value is -1.26. The van der Waals surface area contributed by atoms with E-state index < -0.39 is 0 Å². The normalized spacial score (nSPS) is 10.5. The van der Waals surface area contributed by atoms with Gasteiger partial charge in [0, 0.05) is 6.54 Å². The topological polar surface area (TPSA) is 39.7 Å². The van der Waals surface area contributed by atoms with Crippen LogP contribution in [0.5, 0.6) is 11.5 Å². The lowest BCUT2D eigenvalue weighted by molar-refractivity contribution is 0.139. The smallest absolute Gasteiger partial charge is 0.161 e. The van der Waals surface area contributed by atoms with Gasteiger partial charge < -0.3 is 19.5 Å². The van der Waals surface area contributed by atoms with Gasteiger partial charge in [0.05, 0.1) is 27.4 Å². The summed E-state index contributed by atoms with van der Waals surface area (Å²) in [7, 11) is 3.31. The molecule has 4 nitrogen and oxygen atoms in total. The summed E-state index contributed by atoms with van der Waals surface area (Å²) in [4.78, 5) is 0. The zero-order chi connectivity index (χ0) is 14.1. The van der Waals surface area contributed by atoms with Crippen LogP contribution in [0.3, 0.4) is 0 Å². The second-order valence-corrected chi connectivity index (χ2v) is 4.35. The van der Waals surface area contributed by atoms with Crippen LogP contribution in [0.15, 0.2) is 12.1 Å². The van der Waals surface area contributed by atoms with Crippen LogP contribution in [0.2, 0.25) is 0 Å². The highest BCUT2D eigenvalue weighted by Gasteiger charge is 2.08. The van der Waals surface area contributed by atoms with Gasteiger partial charge in [0.15, 0.2) is 11.5 Å². The van der Waals surface area contributed by atoms with Gasteiger partial charge in [-0.15, -0.1) is 0 Å². The minimum atomic E-state index is 0.724. The van der Waals surface area contributed by atoms with E-state index >= 15 is 0 Å². The van der Waals surface area contributed by atoms with Crippen LogP contribution in [-0.2, 0) is 11.2 Å². The molecular formula is C15H25NO3. The summed E-state index contributed by atoms with van der Waals surface area (Å²) in [5, 5.41) is 3.23. The van der Waals surface area contributed by atoms with Crippen molar-refractivity contribution >= 4 is 0 Å². The molecule has 0 aliphatic heterocycles. The molecule has 0 aliphatic carbocycles. The third-order valence-corrected chi connectivity index (χ3v) is 3.03. The van der Waals surface area contributed by atoms with Gasteiger partial charge in [-0.1, -0.05) is 6.92 Å². The molecule has 4 heteroatoms. The van der Waals surface area contributed by atoms with E-state index in [1.807, 2.05) is 12.1 Å². The highest BCUT2D eigenvalue weighted by Crippen LogP contribution is 2.30. The first-order chi connectivity index (χ1) is 9.22. The molecule has 0 amide bonds. The predicted octanol–water partition coefficient (Wildman–Crippen LogP) is 2.18. The molecule has 0 atom stereocenters. The van der Waals surface area contributed by atoms with Gasteiger partial charge >= 0.3 is 0 Å². The third kappa shape index (κ3) is 5.09. The largest absolute Gasteiger partial charge is 0.493 e. The zero-order valence-corrected chi connectivity index (χ0v) is 12.4. The maximum Gasteiger partial charge on any atom is 0.161 e. The maximum atomic E-state index is 5.59. The van der Waals surface area contributed by atoms with Crippen molar-refractivity contribution in [2.24, 2.45) is 0 Å². The Bertz CT molecular complexity index is 380. The number of ether oxygens (including phenoxy) is 3. The van der Waals surface area contributed by atoms with E-state index in [1.165, 1.54) is 11.1 Å². The molecule has 0 spiro atoms. The van der Waals surface area contributed by atoms with Gasteiger partial charge in [0.25, 0.3) is 0 Å². The van der Waals surface area contributed by atoms with Gasteiger partial charge in [-0.25, -0.2) is 0 Å². The van der Waals surface area contributed by atoms with Crippen LogP contribution in [0.1, 0.15) is 18.1 Å². The summed E-state index contributed by atoms with van der Waals surface area (Å²) in [6, 6.07) is 4.04. The fraction of sp³-hybridized carbons (Fsp3) is 0.600. The first-order valence-corrected chi connectivity index (χ1v) is 6.72. The standard InChI is InChI=1S/C15H25NO3/c1-5-16-7-9-19-8-6-13-11-15(18-4)14(17-3)10-12(13)2/h10-11,16H,5-9H2,1-4H3. The Balaban J connectivity index is 2.49. The third-order valence-electron chi connectivity index (χ3n) is 3.03. The molecule has 0 bridgehead atoms. The average molecular weight is 267 g/mol. The molecule has 0 aliphatic rings. The highest BCUT2D eigenvalue weighted by molar-refractivity contribution is 5.47. The number of likely N-dealkylation sites (N-methyl/N-ethyl adjacent to an activating group) is 1. The Kier molecular flexibility index (Phi) is 7.30. The van der Waals surface area contributed by atoms with E-state index in [9.17, 15) is 0 Å². The summed E-state index contributed by atoms with van der Waals surface area (Å²) in [5.74, 6) is 1.55. The van der Waals surface area contributed by atoms with Crippen molar-refractivity contribution in [2.45, 2.75) is 20.3 Å². The van der Waals surface area contributed by atoms with Crippen LogP contribution >= 0.6 is 0 Å². The van der Waals surface area contributed by atoms with E-state index in [-0.39, 0.29) is 0 Å². The quantitative estimate of drug-likeness (QED) is 0.696. The van der Waals surface area contributed by atoms with Crippen LogP contribution in [0.4, 0.5) is 0 Å². The molecule has 1 aromatic rings. The predicted molar refractivity (Wildman–Crippen MR) is 77.3 cm³/mol. The molecule has 1 rings (SSSR count). The summed E-state index contributed by atoms with van der Waals surface area (Å²) in [6.45, 7) is 7.53. The van der Waals surface area contributed by atoms with Gasteiger partial charge in [-0.3, -0.25) is 0 Å². The van der Waals surface area contributed by atoms with Crippen molar-refractivity contribution in [1.29, 1.82) is 0 Å². The molecule has 1 N–H and O–H groups in total. The summed E-state index contributed by atoms with van der Waals surface area (Å²) >= 11 is 0. The highest BCUT2D eigenvalue weighted by atomic mass is 16.5. The number of aryl methyl sites for hydroxylation is 1.